The Bertz CT molecular complexity index is 640. The van der Waals surface area contributed by atoms with Gasteiger partial charge >= 0.3 is 0 Å². The third-order valence-corrected chi connectivity index (χ3v) is 4.18. The molecule has 2 aromatic rings. The van der Waals surface area contributed by atoms with Crippen LogP contribution in [0.3, 0.4) is 0 Å². The number of fused-ring (bicyclic) bond motifs is 1. The molecule has 0 spiro atoms. The summed E-state index contributed by atoms with van der Waals surface area (Å²) in [5, 5.41) is 3.96. The van der Waals surface area contributed by atoms with Crippen LogP contribution in [0.15, 0.2) is 30.5 Å². The van der Waals surface area contributed by atoms with Crippen LogP contribution >= 0.6 is 11.6 Å². The van der Waals surface area contributed by atoms with Gasteiger partial charge in [0.05, 0.1) is 11.9 Å². The summed E-state index contributed by atoms with van der Waals surface area (Å²) in [5.41, 5.74) is 6.10. The highest BCUT2D eigenvalue weighted by molar-refractivity contribution is 6.30. The first kappa shape index (κ1) is 13.3. The first-order chi connectivity index (χ1) is 9.63. The van der Waals surface area contributed by atoms with Gasteiger partial charge in [0.2, 0.25) is 0 Å². The molecule has 104 valence electrons. The first-order valence-corrected chi connectivity index (χ1v) is 7.20. The summed E-state index contributed by atoms with van der Waals surface area (Å²) >= 11 is 5.93. The number of hydrogen-bond acceptors (Lipinski definition) is 3. The molecule has 0 fully saturated rings. The number of nitrogens with zero attached hydrogens (tertiary/aromatic N) is 2. The van der Waals surface area contributed by atoms with Gasteiger partial charge in [-0.25, -0.2) is 4.98 Å². The molecule has 20 heavy (non-hydrogen) atoms. The predicted molar refractivity (Wildman–Crippen MR) is 84.7 cm³/mol. The van der Waals surface area contributed by atoms with Gasteiger partial charge in [-0.05, 0) is 42.2 Å². The van der Waals surface area contributed by atoms with E-state index in [0.29, 0.717) is 5.15 Å². The van der Waals surface area contributed by atoms with Crippen LogP contribution in [0.4, 0.5) is 11.4 Å². The summed E-state index contributed by atoms with van der Waals surface area (Å²) in [5.74, 6) is 0. The maximum Gasteiger partial charge on any atom is 0.132 e. The van der Waals surface area contributed by atoms with Crippen molar-refractivity contribution >= 4 is 23.0 Å². The number of pyridine rings is 1. The summed E-state index contributed by atoms with van der Waals surface area (Å²) in [6, 6.07) is 8.72. The molecule has 0 aliphatic carbocycles. The molecule has 0 unspecified atom stereocenters. The highest BCUT2D eigenvalue weighted by atomic mass is 35.5. The fourth-order valence-electron chi connectivity index (χ4n) is 2.59. The fraction of sp³-hybridized carbons (Fsp3) is 0.312. The summed E-state index contributed by atoms with van der Waals surface area (Å²) in [6.07, 6.45) is 2.91. The van der Waals surface area contributed by atoms with E-state index in [-0.39, 0.29) is 0 Å². The lowest BCUT2D eigenvalue weighted by atomic mass is 10.1. The number of anilines is 2. The lowest BCUT2D eigenvalue weighted by molar-refractivity contribution is 0.955. The van der Waals surface area contributed by atoms with Gasteiger partial charge in [-0.15, -0.1) is 0 Å². The summed E-state index contributed by atoms with van der Waals surface area (Å²) < 4.78 is 0. The van der Waals surface area contributed by atoms with Crippen molar-refractivity contribution in [1.29, 1.82) is 0 Å². The van der Waals surface area contributed by atoms with Gasteiger partial charge in [0.1, 0.15) is 5.15 Å². The average molecular weight is 288 g/mol. The predicted octanol–water partition coefficient (Wildman–Crippen LogP) is 3.65. The van der Waals surface area contributed by atoms with Crippen LogP contribution in [0.1, 0.15) is 16.7 Å². The number of likely N-dealkylation sites (N-methyl/N-ethyl adjacent to an activating group) is 1. The topological polar surface area (TPSA) is 28.2 Å². The second-order valence-corrected chi connectivity index (χ2v) is 5.68. The standard InChI is InChI=1S/C16H18ClN3/c1-11-7-14(10-19-16(11)17)18-9-12-3-4-15-13(8-12)5-6-20(15)2/h3-4,7-8,10,18H,5-6,9H2,1-2H3. The van der Waals surface area contributed by atoms with Crippen LogP contribution in [0.25, 0.3) is 0 Å². The lowest BCUT2D eigenvalue weighted by Crippen LogP contribution is -2.12. The molecule has 0 atom stereocenters. The molecule has 1 aliphatic rings. The van der Waals surface area contributed by atoms with E-state index in [1.807, 2.05) is 13.0 Å². The van der Waals surface area contributed by atoms with Crippen molar-refractivity contribution in [2.24, 2.45) is 0 Å². The molecule has 1 aliphatic heterocycles. The van der Waals surface area contributed by atoms with Crippen LogP contribution in [0, 0.1) is 6.92 Å². The van der Waals surface area contributed by atoms with Crippen molar-refractivity contribution in [3.63, 3.8) is 0 Å². The van der Waals surface area contributed by atoms with Crippen molar-refractivity contribution in [3.05, 3.63) is 52.3 Å². The number of aromatic nitrogens is 1. The number of hydrogen-bond donors (Lipinski definition) is 1. The molecule has 0 saturated heterocycles. The molecular weight excluding hydrogens is 270 g/mol. The second kappa shape index (κ2) is 5.33. The Hall–Kier alpha value is -1.74. The third kappa shape index (κ3) is 2.59. The van der Waals surface area contributed by atoms with Crippen molar-refractivity contribution in [3.8, 4) is 0 Å². The van der Waals surface area contributed by atoms with E-state index >= 15 is 0 Å². The zero-order valence-corrected chi connectivity index (χ0v) is 12.5. The fourth-order valence-corrected chi connectivity index (χ4v) is 2.69. The molecule has 0 radical (unpaired) electrons. The second-order valence-electron chi connectivity index (χ2n) is 5.32. The smallest absolute Gasteiger partial charge is 0.132 e. The Morgan fingerprint density at radius 1 is 1.35 bits per heavy atom. The largest absolute Gasteiger partial charge is 0.380 e. The van der Waals surface area contributed by atoms with Crippen LogP contribution < -0.4 is 10.2 Å². The molecule has 1 aromatic carbocycles. The molecule has 3 nitrogen and oxygen atoms in total. The van der Waals surface area contributed by atoms with E-state index < -0.39 is 0 Å². The van der Waals surface area contributed by atoms with E-state index in [4.69, 9.17) is 11.6 Å². The molecule has 4 heteroatoms. The molecule has 0 amide bonds. The molecule has 3 rings (SSSR count). The monoisotopic (exact) mass is 287 g/mol. The molecule has 0 saturated carbocycles. The van der Waals surface area contributed by atoms with E-state index in [2.05, 4.69) is 40.4 Å². The van der Waals surface area contributed by atoms with Gasteiger partial charge in [0.15, 0.2) is 0 Å². The first-order valence-electron chi connectivity index (χ1n) is 6.82. The van der Waals surface area contributed by atoms with Gasteiger partial charge in [-0.3, -0.25) is 0 Å². The molecule has 2 heterocycles. The minimum absolute atomic E-state index is 0.566. The minimum Gasteiger partial charge on any atom is -0.380 e. The Kier molecular flexibility index (Phi) is 3.53. The molecule has 1 aromatic heterocycles. The van der Waals surface area contributed by atoms with Crippen LogP contribution in [0.5, 0.6) is 0 Å². The van der Waals surface area contributed by atoms with E-state index in [0.717, 1.165) is 30.8 Å². The summed E-state index contributed by atoms with van der Waals surface area (Å²) in [6.45, 7) is 3.89. The molecule has 1 N–H and O–H groups in total. The average Bonchev–Trinajstić information content (AvgIpc) is 2.81. The minimum atomic E-state index is 0.566. The normalized spacial score (nSPS) is 13.4. The number of halogens is 1. The van der Waals surface area contributed by atoms with Crippen molar-refractivity contribution < 1.29 is 0 Å². The van der Waals surface area contributed by atoms with E-state index in [1.54, 1.807) is 6.20 Å². The van der Waals surface area contributed by atoms with Gasteiger partial charge in [-0.2, -0.15) is 0 Å². The van der Waals surface area contributed by atoms with Crippen LogP contribution in [-0.4, -0.2) is 18.6 Å². The number of nitrogens with one attached hydrogen (secondary N) is 1. The molecular formula is C16H18ClN3. The van der Waals surface area contributed by atoms with Crippen molar-refractivity contribution in [2.45, 2.75) is 19.9 Å². The number of benzene rings is 1. The lowest BCUT2D eigenvalue weighted by Gasteiger charge is -2.13. The van der Waals surface area contributed by atoms with Gasteiger partial charge in [0.25, 0.3) is 0 Å². The van der Waals surface area contributed by atoms with E-state index in [9.17, 15) is 0 Å². The van der Waals surface area contributed by atoms with Gasteiger partial charge in [-0.1, -0.05) is 23.7 Å². The maximum atomic E-state index is 5.93. The van der Waals surface area contributed by atoms with Crippen molar-refractivity contribution in [2.75, 3.05) is 23.8 Å². The third-order valence-electron chi connectivity index (χ3n) is 3.78. The summed E-state index contributed by atoms with van der Waals surface area (Å²) in [4.78, 5) is 6.46. The quantitative estimate of drug-likeness (QED) is 0.874. The Labute approximate surface area is 124 Å². The SMILES string of the molecule is Cc1cc(NCc2ccc3c(c2)CCN3C)cnc1Cl. The van der Waals surface area contributed by atoms with E-state index in [1.165, 1.54) is 16.8 Å². The Balaban J connectivity index is 1.71. The molecule has 0 bridgehead atoms. The van der Waals surface area contributed by atoms with Crippen LogP contribution in [0.2, 0.25) is 5.15 Å². The van der Waals surface area contributed by atoms with Gasteiger partial charge in [0, 0.05) is 25.8 Å². The zero-order valence-electron chi connectivity index (χ0n) is 11.8. The maximum absolute atomic E-state index is 5.93. The van der Waals surface area contributed by atoms with Gasteiger partial charge < -0.3 is 10.2 Å². The highest BCUT2D eigenvalue weighted by Gasteiger charge is 2.15. The van der Waals surface area contributed by atoms with Crippen LogP contribution in [-0.2, 0) is 13.0 Å². The Morgan fingerprint density at radius 2 is 2.20 bits per heavy atom. The summed E-state index contributed by atoms with van der Waals surface area (Å²) in [7, 11) is 2.14. The highest BCUT2D eigenvalue weighted by Crippen LogP contribution is 2.27. The zero-order chi connectivity index (χ0) is 14.1. The van der Waals surface area contributed by atoms with Crippen molar-refractivity contribution in [1.82, 2.24) is 4.98 Å². The number of rotatable bonds is 3. The Morgan fingerprint density at radius 3 is 3.00 bits per heavy atom. The number of aryl methyl sites for hydroxylation is 1.